The van der Waals surface area contributed by atoms with E-state index >= 15 is 0 Å². The van der Waals surface area contributed by atoms with Crippen molar-refractivity contribution in [3.8, 4) is 0 Å². The second kappa shape index (κ2) is 5.92. The maximum absolute atomic E-state index is 12.8. The topological polar surface area (TPSA) is 71.1 Å². The normalized spacial score (nSPS) is 17.7. The average Bonchev–Trinajstić information content (AvgIpc) is 2.63. The van der Waals surface area contributed by atoms with Gasteiger partial charge in [0.1, 0.15) is 6.04 Å². The molecule has 2 heterocycles. The summed E-state index contributed by atoms with van der Waals surface area (Å²) in [5.74, 6) is -0.376. The number of fused-ring (bicyclic) bond motifs is 3. The maximum Gasteiger partial charge on any atom is 0.254 e. The molecule has 1 atom stereocenters. The van der Waals surface area contributed by atoms with Crippen LogP contribution in [0.5, 0.6) is 0 Å². The van der Waals surface area contributed by atoms with Gasteiger partial charge in [0.2, 0.25) is 5.91 Å². The average molecular weight is 319 g/mol. The third kappa shape index (κ3) is 2.48. The highest BCUT2D eigenvalue weighted by Gasteiger charge is 2.25. The van der Waals surface area contributed by atoms with Crippen LogP contribution >= 0.6 is 0 Å². The lowest BCUT2D eigenvalue weighted by Gasteiger charge is -2.23. The molecule has 1 aromatic heterocycles. The molecule has 0 unspecified atom stereocenters. The van der Waals surface area contributed by atoms with Crippen molar-refractivity contribution in [2.24, 2.45) is 0 Å². The van der Waals surface area contributed by atoms with Crippen LogP contribution in [-0.2, 0) is 4.79 Å². The summed E-state index contributed by atoms with van der Waals surface area (Å²) in [4.78, 5) is 29.1. The minimum Gasteiger partial charge on any atom is -0.354 e. The Hall–Kier alpha value is -2.95. The van der Waals surface area contributed by atoms with E-state index in [4.69, 9.17) is 0 Å². The fourth-order valence-electron chi connectivity index (χ4n) is 3.25. The molecular formula is C19H17N3O2. The van der Waals surface area contributed by atoms with E-state index < -0.39 is 6.04 Å². The van der Waals surface area contributed by atoms with Crippen LogP contribution in [0.15, 0.2) is 48.7 Å². The fourth-order valence-corrected chi connectivity index (χ4v) is 3.25. The number of nitrogens with one attached hydrogen (secondary N) is 2. The zero-order valence-corrected chi connectivity index (χ0v) is 13.1. The summed E-state index contributed by atoms with van der Waals surface area (Å²) in [6.07, 6.45) is 3.21. The standard InChI is InChI=1S/C19H17N3O2/c23-18(22-16-8-4-10-21-19(16)24)15-11-12-5-1-2-6-13(12)14-7-3-9-20-17(14)15/h1-3,5-7,9,11,16H,4,8,10H2,(H,21,24)(H,22,23)/t16-/m0/s1. The SMILES string of the molecule is O=C(N[C@H]1CCCNC1=O)c1cc2ccccc2c2cccnc12. The van der Waals surface area contributed by atoms with Gasteiger partial charge >= 0.3 is 0 Å². The van der Waals surface area contributed by atoms with Crippen molar-refractivity contribution in [3.05, 3.63) is 54.2 Å². The van der Waals surface area contributed by atoms with E-state index in [1.807, 2.05) is 42.5 Å². The predicted molar refractivity (Wildman–Crippen MR) is 92.7 cm³/mol. The van der Waals surface area contributed by atoms with Crippen LogP contribution < -0.4 is 10.6 Å². The molecule has 120 valence electrons. The van der Waals surface area contributed by atoms with Crippen LogP contribution in [0.3, 0.4) is 0 Å². The Balaban J connectivity index is 1.79. The number of benzene rings is 2. The number of rotatable bonds is 2. The van der Waals surface area contributed by atoms with Crippen LogP contribution in [0.2, 0.25) is 0 Å². The molecule has 0 saturated carbocycles. The summed E-state index contributed by atoms with van der Waals surface area (Å²) in [6.45, 7) is 0.672. The molecule has 2 N–H and O–H groups in total. The quantitative estimate of drug-likeness (QED) is 0.713. The minimum absolute atomic E-state index is 0.118. The van der Waals surface area contributed by atoms with Gasteiger partial charge in [-0.25, -0.2) is 0 Å². The molecule has 0 spiro atoms. The van der Waals surface area contributed by atoms with E-state index in [9.17, 15) is 9.59 Å². The molecular weight excluding hydrogens is 302 g/mol. The lowest BCUT2D eigenvalue weighted by Crippen LogP contribution is -2.50. The van der Waals surface area contributed by atoms with Gasteiger partial charge in [-0.15, -0.1) is 0 Å². The zero-order valence-electron chi connectivity index (χ0n) is 13.1. The van der Waals surface area contributed by atoms with Gasteiger partial charge in [-0.3, -0.25) is 14.6 Å². The smallest absolute Gasteiger partial charge is 0.254 e. The molecule has 0 radical (unpaired) electrons. The van der Waals surface area contributed by atoms with E-state index in [1.54, 1.807) is 6.20 Å². The van der Waals surface area contributed by atoms with Crippen LogP contribution in [0.1, 0.15) is 23.2 Å². The highest BCUT2D eigenvalue weighted by atomic mass is 16.2. The third-order valence-electron chi connectivity index (χ3n) is 4.45. The third-order valence-corrected chi connectivity index (χ3v) is 4.45. The number of hydrogen-bond donors (Lipinski definition) is 2. The molecule has 24 heavy (non-hydrogen) atoms. The molecule has 2 amide bonds. The zero-order chi connectivity index (χ0) is 16.5. The van der Waals surface area contributed by atoms with Gasteiger partial charge in [0, 0.05) is 18.1 Å². The summed E-state index contributed by atoms with van der Waals surface area (Å²) < 4.78 is 0. The summed E-state index contributed by atoms with van der Waals surface area (Å²) in [6, 6.07) is 13.1. The Morgan fingerprint density at radius 3 is 2.88 bits per heavy atom. The van der Waals surface area contributed by atoms with E-state index in [2.05, 4.69) is 15.6 Å². The predicted octanol–water partition coefficient (Wildman–Crippen LogP) is 2.40. The molecule has 1 aliphatic heterocycles. The van der Waals surface area contributed by atoms with Crippen LogP contribution in [0, 0.1) is 0 Å². The van der Waals surface area contributed by atoms with Crippen molar-refractivity contribution < 1.29 is 9.59 Å². The molecule has 0 aliphatic carbocycles. The van der Waals surface area contributed by atoms with Crippen LogP contribution in [0.25, 0.3) is 21.7 Å². The molecule has 0 bridgehead atoms. The van der Waals surface area contributed by atoms with Crippen molar-refractivity contribution in [1.29, 1.82) is 0 Å². The lowest BCUT2D eigenvalue weighted by atomic mass is 9.99. The number of aromatic nitrogens is 1. The number of piperidine rings is 1. The number of nitrogens with zero attached hydrogens (tertiary/aromatic N) is 1. The maximum atomic E-state index is 12.8. The Kier molecular flexibility index (Phi) is 3.61. The molecule has 4 rings (SSSR count). The van der Waals surface area contributed by atoms with Crippen LogP contribution in [-0.4, -0.2) is 29.4 Å². The van der Waals surface area contributed by atoms with Gasteiger partial charge in [-0.05, 0) is 35.7 Å². The second-order valence-corrected chi connectivity index (χ2v) is 6.00. The Bertz CT molecular complexity index is 952. The van der Waals surface area contributed by atoms with Gasteiger partial charge in [-0.1, -0.05) is 30.3 Å². The first-order chi connectivity index (χ1) is 11.7. The highest BCUT2D eigenvalue weighted by Crippen LogP contribution is 2.27. The largest absolute Gasteiger partial charge is 0.354 e. The van der Waals surface area contributed by atoms with E-state index in [1.165, 1.54) is 0 Å². The molecule has 3 aromatic rings. The highest BCUT2D eigenvalue weighted by molar-refractivity contribution is 6.16. The molecule has 1 saturated heterocycles. The number of carbonyl (C=O) groups is 2. The van der Waals surface area contributed by atoms with Crippen LogP contribution in [0.4, 0.5) is 0 Å². The van der Waals surface area contributed by atoms with Crippen molar-refractivity contribution in [2.75, 3.05) is 6.54 Å². The van der Waals surface area contributed by atoms with Crippen molar-refractivity contribution in [1.82, 2.24) is 15.6 Å². The van der Waals surface area contributed by atoms with E-state index in [0.717, 1.165) is 22.6 Å². The first-order valence-corrected chi connectivity index (χ1v) is 8.09. The monoisotopic (exact) mass is 319 g/mol. The molecule has 2 aromatic carbocycles. The summed E-state index contributed by atoms with van der Waals surface area (Å²) in [7, 11) is 0. The fraction of sp³-hybridized carbons (Fsp3) is 0.211. The van der Waals surface area contributed by atoms with Gasteiger partial charge in [0.15, 0.2) is 0 Å². The second-order valence-electron chi connectivity index (χ2n) is 6.00. The first-order valence-electron chi connectivity index (χ1n) is 8.09. The molecule has 5 heteroatoms. The minimum atomic E-state index is -0.475. The summed E-state index contributed by atoms with van der Waals surface area (Å²) in [5, 5.41) is 8.62. The number of carbonyl (C=O) groups excluding carboxylic acids is 2. The van der Waals surface area contributed by atoms with Gasteiger partial charge < -0.3 is 10.6 Å². The lowest BCUT2D eigenvalue weighted by molar-refractivity contribution is -0.124. The number of hydrogen-bond acceptors (Lipinski definition) is 3. The summed E-state index contributed by atoms with van der Waals surface area (Å²) in [5.41, 5.74) is 1.16. The Morgan fingerprint density at radius 1 is 1.17 bits per heavy atom. The molecule has 5 nitrogen and oxygen atoms in total. The van der Waals surface area contributed by atoms with Crippen molar-refractivity contribution in [3.63, 3.8) is 0 Å². The molecule has 1 fully saturated rings. The van der Waals surface area contributed by atoms with Gasteiger partial charge in [0.25, 0.3) is 5.91 Å². The van der Waals surface area contributed by atoms with Gasteiger partial charge in [-0.2, -0.15) is 0 Å². The Morgan fingerprint density at radius 2 is 2.00 bits per heavy atom. The van der Waals surface area contributed by atoms with Crippen molar-refractivity contribution >= 4 is 33.5 Å². The number of amides is 2. The first kappa shape index (κ1) is 14.6. The van der Waals surface area contributed by atoms with E-state index in [-0.39, 0.29) is 11.8 Å². The number of pyridine rings is 1. The van der Waals surface area contributed by atoms with Crippen molar-refractivity contribution in [2.45, 2.75) is 18.9 Å². The molecule has 1 aliphatic rings. The Labute approximate surface area is 139 Å². The van der Waals surface area contributed by atoms with Gasteiger partial charge in [0.05, 0.1) is 11.1 Å². The summed E-state index contributed by atoms with van der Waals surface area (Å²) >= 11 is 0. The van der Waals surface area contributed by atoms with E-state index in [0.29, 0.717) is 24.0 Å².